The van der Waals surface area contributed by atoms with Crippen molar-refractivity contribution in [2.45, 2.75) is 33.1 Å². The van der Waals surface area contributed by atoms with Crippen LogP contribution in [-0.4, -0.2) is 40.7 Å². The van der Waals surface area contributed by atoms with E-state index in [-0.39, 0.29) is 18.1 Å². The molecule has 2 heterocycles. The van der Waals surface area contributed by atoms with Gasteiger partial charge < -0.3 is 10.0 Å². The first kappa shape index (κ1) is 14.3. The smallest absolute Gasteiger partial charge is 0.323 e. The van der Waals surface area contributed by atoms with E-state index in [1.807, 2.05) is 12.3 Å². The van der Waals surface area contributed by atoms with Gasteiger partial charge in [0.2, 0.25) is 0 Å². The van der Waals surface area contributed by atoms with Gasteiger partial charge in [0.25, 0.3) is 0 Å². The van der Waals surface area contributed by atoms with Crippen LogP contribution in [0, 0.1) is 12.3 Å². The summed E-state index contributed by atoms with van der Waals surface area (Å²) in [5.41, 5.74) is 0.929. The molecule has 0 spiro atoms. The Hall–Kier alpha value is -1.14. The van der Waals surface area contributed by atoms with Crippen LogP contribution in [-0.2, 0) is 0 Å². The number of rotatable bonds is 3. The topological polar surface area (TPSA) is 65.5 Å². The number of piperidine rings is 1. The van der Waals surface area contributed by atoms with Crippen LogP contribution in [0.5, 0.6) is 0 Å². The average molecular weight is 283 g/mol. The van der Waals surface area contributed by atoms with E-state index in [9.17, 15) is 9.90 Å². The second kappa shape index (κ2) is 5.88. The summed E-state index contributed by atoms with van der Waals surface area (Å²) >= 11 is 1.44. The third kappa shape index (κ3) is 3.25. The van der Waals surface area contributed by atoms with Crippen LogP contribution in [0.4, 0.5) is 9.93 Å². The molecule has 0 aromatic carbocycles. The monoisotopic (exact) mass is 283 g/mol. The van der Waals surface area contributed by atoms with E-state index in [2.05, 4.69) is 17.2 Å². The van der Waals surface area contributed by atoms with E-state index in [1.165, 1.54) is 11.3 Å². The van der Waals surface area contributed by atoms with Crippen molar-refractivity contribution in [2.24, 2.45) is 5.41 Å². The molecule has 106 valence electrons. The van der Waals surface area contributed by atoms with E-state index in [0.717, 1.165) is 25.0 Å². The lowest BCUT2D eigenvalue weighted by Gasteiger charge is -2.40. The fraction of sp³-hybridized carbons (Fsp3) is 0.692. The number of thiazole rings is 1. The van der Waals surface area contributed by atoms with Gasteiger partial charge in [0.1, 0.15) is 0 Å². The van der Waals surface area contributed by atoms with Gasteiger partial charge in [-0.1, -0.05) is 6.92 Å². The Morgan fingerprint density at radius 1 is 1.58 bits per heavy atom. The zero-order chi connectivity index (χ0) is 13.9. The minimum Gasteiger partial charge on any atom is -0.396 e. The molecule has 0 unspecified atom stereocenters. The number of urea groups is 1. The number of aliphatic hydroxyl groups excluding tert-OH is 1. The van der Waals surface area contributed by atoms with E-state index < -0.39 is 0 Å². The molecule has 1 aliphatic rings. The lowest BCUT2D eigenvalue weighted by molar-refractivity contribution is 0.0542. The average Bonchev–Trinajstić information content (AvgIpc) is 2.84. The Bertz CT molecular complexity index is 433. The van der Waals surface area contributed by atoms with Crippen LogP contribution >= 0.6 is 11.3 Å². The first-order chi connectivity index (χ1) is 9.08. The standard InChI is InChI=1S/C13H21N3O2S/c1-3-13(9-17)4-6-16(7-5-13)12(18)15-11-14-10(2)8-19-11/h8,17H,3-7,9H2,1-2H3,(H,14,15,18). The number of carbonyl (C=O) groups is 1. The largest absolute Gasteiger partial charge is 0.396 e. The van der Waals surface area contributed by atoms with E-state index in [4.69, 9.17) is 0 Å². The normalized spacial score (nSPS) is 18.4. The summed E-state index contributed by atoms with van der Waals surface area (Å²) < 4.78 is 0. The molecule has 5 nitrogen and oxygen atoms in total. The van der Waals surface area contributed by atoms with E-state index in [0.29, 0.717) is 18.2 Å². The van der Waals surface area contributed by atoms with Crippen molar-refractivity contribution < 1.29 is 9.90 Å². The molecule has 0 aliphatic carbocycles. The molecular formula is C13H21N3O2S. The van der Waals surface area contributed by atoms with Gasteiger partial charge in [0.05, 0.1) is 5.69 Å². The lowest BCUT2D eigenvalue weighted by atomic mass is 9.77. The Morgan fingerprint density at radius 2 is 2.26 bits per heavy atom. The second-order valence-electron chi connectivity index (χ2n) is 5.22. The van der Waals surface area contributed by atoms with Crippen LogP contribution in [0.2, 0.25) is 0 Å². The molecule has 0 bridgehead atoms. The highest BCUT2D eigenvalue weighted by Gasteiger charge is 2.33. The highest BCUT2D eigenvalue weighted by atomic mass is 32.1. The predicted octanol–water partition coefficient (Wildman–Crippen LogP) is 2.47. The third-order valence-corrected chi connectivity index (χ3v) is 4.91. The highest BCUT2D eigenvalue weighted by Crippen LogP contribution is 2.34. The SMILES string of the molecule is CCC1(CO)CCN(C(=O)Nc2nc(C)cs2)CC1. The van der Waals surface area contributed by atoms with Crippen LogP contribution in [0.3, 0.4) is 0 Å². The fourth-order valence-corrected chi connectivity index (χ4v) is 3.07. The molecule has 0 saturated carbocycles. The molecule has 1 fully saturated rings. The number of nitrogens with one attached hydrogen (secondary N) is 1. The molecule has 19 heavy (non-hydrogen) atoms. The minimum absolute atomic E-state index is 0.00848. The van der Waals surface area contributed by atoms with Crippen molar-refractivity contribution in [2.75, 3.05) is 25.0 Å². The van der Waals surface area contributed by atoms with Gasteiger partial charge in [-0.3, -0.25) is 5.32 Å². The molecule has 1 aromatic rings. The number of anilines is 1. The minimum atomic E-state index is -0.0861. The van der Waals surface area contributed by atoms with Crippen molar-refractivity contribution >= 4 is 22.5 Å². The van der Waals surface area contributed by atoms with Gasteiger partial charge in [-0.25, -0.2) is 9.78 Å². The van der Waals surface area contributed by atoms with Gasteiger partial charge in [0.15, 0.2) is 5.13 Å². The Labute approximate surface area is 117 Å². The first-order valence-electron chi connectivity index (χ1n) is 6.67. The summed E-state index contributed by atoms with van der Waals surface area (Å²) in [5, 5.41) is 14.9. The molecule has 1 aliphatic heterocycles. The van der Waals surface area contributed by atoms with Crippen LogP contribution in [0.15, 0.2) is 5.38 Å². The maximum atomic E-state index is 12.1. The first-order valence-corrected chi connectivity index (χ1v) is 7.55. The van der Waals surface area contributed by atoms with Crippen molar-refractivity contribution in [3.05, 3.63) is 11.1 Å². The van der Waals surface area contributed by atoms with Gasteiger partial charge in [0, 0.05) is 25.1 Å². The van der Waals surface area contributed by atoms with Gasteiger partial charge >= 0.3 is 6.03 Å². The molecule has 6 heteroatoms. The Balaban J connectivity index is 1.89. The molecule has 2 rings (SSSR count). The number of hydrogen-bond acceptors (Lipinski definition) is 4. The molecular weight excluding hydrogens is 262 g/mol. The van der Waals surface area contributed by atoms with Gasteiger partial charge in [-0.2, -0.15) is 0 Å². The summed E-state index contributed by atoms with van der Waals surface area (Å²) in [6.45, 7) is 5.62. The maximum absolute atomic E-state index is 12.1. The molecule has 0 radical (unpaired) electrons. The van der Waals surface area contributed by atoms with Crippen molar-refractivity contribution in [3.63, 3.8) is 0 Å². The van der Waals surface area contributed by atoms with Crippen LogP contribution < -0.4 is 5.32 Å². The van der Waals surface area contributed by atoms with Crippen molar-refractivity contribution in [1.82, 2.24) is 9.88 Å². The zero-order valence-corrected chi connectivity index (χ0v) is 12.3. The Kier molecular flexibility index (Phi) is 4.42. The van der Waals surface area contributed by atoms with E-state index >= 15 is 0 Å². The molecule has 1 saturated heterocycles. The molecule has 0 atom stereocenters. The number of aryl methyl sites for hydroxylation is 1. The summed E-state index contributed by atoms with van der Waals surface area (Å²) in [7, 11) is 0. The number of aliphatic hydroxyl groups is 1. The zero-order valence-electron chi connectivity index (χ0n) is 11.5. The summed E-state index contributed by atoms with van der Waals surface area (Å²) in [4.78, 5) is 18.1. The third-order valence-electron chi connectivity index (χ3n) is 4.03. The molecule has 1 aromatic heterocycles. The fourth-order valence-electron chi connectivity index (χ4n) is 2.39. The number of aromatic nitrogens is 1. The summed E-state index contributed by atoms with van der Waals surface area (Å²) in [5.74, 6) is 0. The number of likely N-dealkylation sites (tertiary alicyclic amines) is 1. The van der Waals surface area contributed by atoms with Crippen molar-refractivity contribution in [3.8, 4) is 0 Å². The number of amides is 2. The number of hydrogen-bond donors (Lipinski definition) is 2. The highest BCUT2D eigenvalue weighted by molar-refractivity contribution is 7.13. The quantitative estimate of drug-likeness (QED) is 0.895. The van der Waals surface area contributed by atoms with Crippen molar-refractivity contribution in [1.29, 1.82) is 0 Å². The lowest BCUT2D eigenvalue weighted by Crippen LogP contribution is -2.46. The van der Waals surface area contributed by atoms with Crippen LogP contribution in [0.25, 0.3) is 0 Å². The van der Waals surface area contributed by atoms with E-state index in [1.54, 1.807) is 4.90 Å². The molecule has 2 N–H and O–H groups in total. The Morgan fingerprint density at radius 3 is 2.74 bits per heavy atom. The number of carbonyl (C=O) groups excluding carboxylic acids is 1. The van der Waals surface area contributed by atoms with Gasteiger partial charge in [-0.05, 0) is 31.6 Å². The second-order valence-corrected chi connectivity index (χ2v) is 6.08. The maximum Gasteiger partial charge on any atom is 0.323 e. The molecule has 2 amide bonds. The predicted molar refractivity (Wildman–Crippen MR) is 76.5 cm³/mol. The van der Waals surface area contributed by atoms with Gasteiger partial charge in [-0.15, -0.1) is 11.3 Å². The van der Waals surface area contributed by atoms with Crippen LogP contribution in [0.1, 0.15) is 31.9 Å². The summed E-state index contributed by atoms with van der Waals surface area (Å²) in [6, 6.07) is -0.0861. The summed E-state index contributed by atoms with van der Waals surface area (Å²) in [6.07, 6.45) is 2.69. The number of nitrogens with zero attached hydrogens (tertiary/aromatic N) is 2.